The quantitative estimate of drug-likeness (QED) is 0.413. The highest BCUT2D eigenvalue weighted by Gasteiger charge is 2.23. The van der Waals surface area contributed by atoms with E-state index in [2.05, 4.69) is 5.32 Å². The first-order valence-corrected chi connectivity index (χ1v) is 11.1. The zero-order valence-electron chi connectivity index (χ0n) is 18.2. The van der Waals surface area contributed by atoms with Crippen LogP contribution < -0.4 is 14.8 Å². The molecule has 1 N–H and O–H groups in total. The maximum absolute atomic E-state index is 13.5. The van der Waals surface area contributed by atoms with E-state index in [1.165, 1.54) is 18.4 Å². The summed E-state index contributed by atoms with van der Waals surface area (Å²) in [5.41, 5.74) is 3.74. The number of nitrogens with zero attached hydrogens (tertiary/aromatic N) is 1. The topological polar surface area (TPSA) is 86.8 Å². The third-order valence-electron chi connectivity index (χ3n) is 5.63. The van der Waals surface area contributed by atoms with Gasteiger partial charge in [-0.3, -0.25) is 4.79 Å². The first-order valence-electron chi connectivity index (χ1n) is 10.3. The standard InChI is InChI=1S/C25H20N2O5S/c1-13-14(2)33-24(22(13)25(29)30-3)27-23(28)17-11-19(26-18-7-5-4-6-16(17)18)15-8-9-20-21(10-15)32-12-31-20/h4-11H,12H2,1-3H3,(H,27,28). The van der Waals surface area contributed by atoms with Crippen LogP contribution >= 0.6 is 11.3 Å². The van der Waals surface area contributed by atoms with E-state index in [0.29, 0.717) is 44.2 Å². The summed E-state index contributed by atoms with van der Waals surface area (Å²) >= 11 is 1.35. The molecule has 0 aliphatic carbocycles. The Labute approximate surface area is 193 Å². The number of hydrogen-bond donors (Lipinski definition) is 1. The van der Waals surface area contributed by atoms with Crippen LogP contribution in [0.5, 0.6) is 11.5 Å². The lowest BCUT2D eigenvalue weighted by Gasteiger charge is -2.11. The van der Waals surface area contributed by atoms with Gasteiger partial charge in [0.1, 0.15) is 5.00 Å². The third kappa shape index (κ3) is 3.68. The van der Waals surface area contributed by atoms with E-state index in [-0.39, 0.29) is 12.7 Å². The second kappa shape index (κ2) is 8.22. The fourth-order valence-corrected chi connectivity index (χ4v) is 4.84. The van der Waals surface area contributed by atoms with E-state index in [1.54, 1.807) is 6.07 Å². The number of fused-ring (bicyclic) bond motifs is 2. The van der Waals surface area contributed by atoms with E-state index in [1.807, 2.05) is 56.3 Å². The highest BCUT2D eigenvalue weighted by Crippen LogP contribution is 2.37. The Morgan fingerprint density at radius 1 is 1.06 bits per heavy atom. The van der Waals surface area contributed by atoms with Gasteiger partial charge in [0.2, 0.25) is 6.79 Å². The van der Waals surface area contributed by atoms with Crippen LogP contribution in [0, 0.1) is 13.8 Å². The van der Waals surface area contributed by atoms with Crippen molar-refractivity contribution >= 4 is 39.1 Å². The van der Waals surface area contributed by atoms with E-state index < -0.39 is 5.97 Å². The van der Waals surface area contributed by atoms with Crippen molar-refractivity contribution in [2.45, 2.75) is 13.8 Å². The number of aromatic nitrogens is 1. The average molecular weight is 461 g/mol. The predicted octanol–water partition coefficient (Wildman–Crippen LogP) is 5.35. The molecule has 0 radical (unpaired) electrons. The fourth-order valence-electron chi connectivity index (χ4n) is 3.80. The number of methoxy groups -OCH3 is 1. The van der Waals surface area contributed by atoms with E-state index >= 15 is 0 Å². The molecule has 0 saturated carbocycles. The van der Waals surface area contributed by atoms with Gasteiger partial charge in [0.15, 0.2) is 11.5 Å². The van der Waals surface area contributed by atoms with Gasteiger partial charge in [-0.2, -0.15) is 0 Å². The van der Waals surface area contributed by atoms with Crippen LogP contribution in [0.2, 0.25) is 0 Å². The maximum atomic E-state index is 13.5. The molecule has 0 bridgehead atoms. The minimum Gasteiger partial charge on any atom is -0.465 e. The summed E-state index contributed by atoms with van der Waals surface area (Å²) in [5.74, 6) is 0.506. The molecule has 166 valence electrons. The lowest BCUT2D eigenvalue weighted by molar-refractivity contribution is 0.0601. The van der Waals surface area contributed by atoms with Gasteiger partial charge in [-0.05, 0) is 49.7 Å². The van der Waals surface area contributed by atoms with Crippen molar-refractivity contribution in [2.75, 3.05) is 19.2 Å². The molecule has 0 atom stereocenters. The Kier molecular flexibility index (Phi) is 5.22. The van der Waals surface area contributed by atoms with Crippen molar-refractivity contribution in [3.63, 3.8) is 0 Å². The number of anilines is 1. The van der Waals surface area contributed by atoms with Gasteiger partial charge in [0.05, 0.1) is 29.4 Å². The van der Waals surface area contributed by atoms with Gasteiger partial charge in [-0.15, -0.1) is 11.3 Å². The predicted molar refractivity (Wildman–Crippen MR) is 126 cm³/mol. The molecular weight excluding hydrogens is 440 g/mol. The molecule has 1 aliphatic rings. The minimum atomic E-state index is -0.479. The molecule has 1 amide bonds. The highest BCUT2D eigenvalue weighted by atomic mass is 32.1. The normalized spacial score (nSPS) is 12.1. The number of amides is 1. The lowest BCUT2D eigenvalue weighted by Crippen LogP contribution is -2.15. The van der Waals surface area contributed by atoms with Gasteiger partial charge in [0, 0.05) is 15.8 Å². The molecule has 5 rings (SSSR count). The number of hydrogen-bond acceptors (Lipinski definition) is 7. The first-order chi connectivity index (χ1) is 16.0. The van der Waals surface area contributed by atoms with Crippen LogP contribution in [-0.4, -0.2) is 30.8 Å². The molecule has 0 fully saturated rings. The summed E-state index contributed by atoms with van der Waals surface area (Å²) in [7, 11) is 1.33. The fraction of sp³-hybridized carbons (Fsp3) is 0.160. The van der Waals surface area contributed by atoms with Crippen LogP contribution in [0.1, 0.15) is 31.2 Å². The molecule has 2 aromatic carbocycles. The molecule has 0 saturated heterocycles. The molecule has 2 aromatic heterocycles. The van der Waals surface area contributed by atoms with Crippen LogP contribution in [0.25, 0.3) is 22.2 Å². The molecule has 0 unspecified atom stereocenters. The molecule has 7 nitrogen and oxygen atoms in total. The van der Waals surface area contributed by atoms with Gasteiger partial charge in [-0.1, -0.05) is 18.2 Å². The van der Waals surface area contributed by atoms with Crippen molar-refractivity contribution < 1.29 is 23.8 Å². The number of pyridine rings is 1. The maximum Gasteiger partial charge on any atom is 0.341 e. The van der Waals surface area contributed by atoms with Crippen LogP contribution in [0.15, 0.2) is 48.5 Å². The molecule has 3 heterocycles. The molecule has 0 spiro atoms. The third-order valence-corrected chi connectivity index (χ3v) is 6.75. The zero-order chi connectivity index (χ0) is 23.1. The van der Waals surface area contributed by atoms with Crippen molar-refractivity contribution in [3.05, 3.63) is 70.1 Å². The number of benzene rings is 2. The van der Waals surface area contributed by atoms with Crippen LogP contribution in [0.3, 0.4) is 0 Å². The highest BCUT2D eigenvalue weighted by molar-refractivity contribution is 7.16. The van der Waals surface area contributed by atoms with Gasteiger partial charge in [-0.25, -0.2) is 9.78 Å². The van der Waals surface area contributed by atoms with Crippen molar-refractivity contribution in [2.24, 2.45) is 0 Å². The van der Waals surface area contributed by atoms with Gasteiger partial charge < -0.3 is 19.5 Å². The van der Waals surface area contributed by atoms with Crippen LogP contribution in [-0.2, 0) is 4.74 Å². The van der Waals surface area contributed by atoms with Gasteiger partial charge >= 0.3 is 5.97 Å². The average Bonchev–Trinajstić information content (AvgIpc) is 3.41. The Balaban J connectivity index is 1.59. The zero-order valence-corrected chi connectivity index (χ0v) is 19.0. The number of aryl methyl sites for hydroxylation is 1. The Hall–Kier alpha value is -3.91. The molecule has 4 aromatic rings. The second-order valence-corrected chi connectivity index (χ2v) is 8.80. The lowest BCUT2D eigenvalue weighted by atomic mass is 10.0. The Morgan fingerprint density at radius 3 is 2.67 bits per heavy atom. The summed E-state index contributed by atoms with van der Waals surface area (Å²) in [4.78, 5) is 31.5. The number of carbonyl (C=O) groups excluding carboxylic acids is 2. The van der Waals surface area contributed by atoms with Gasteiger partial charge in [0.25, 0.3) is 5.91 Å². The number of esters is 1. The van der Waals surface area contributed by atoms with Crippen molar-refractivity contribution in [1.29, 1.82) is 0 Å². The van der Waals surface area contributed by atoms with E-state index in [0.717, 1.165) is 16.0 Å². The number of nitrogens with one attached hydrogen (secondary N) is 1. The molecule has 8 heteroatoms. The number of thiophene rings is 1. The Morgan fingerprint density at radius 2 is 1.85 bits per heavy atom. The largest absolute Gasteiger partial charge is 0.465 e. The first kappa shape index (κ1) is 21.0. The Bertz CT molecular complexity index is 1430. The van der Waals surface area contributed by atoms with Crippen molar-refractivity contribution in [3.8, 4) is 22.8 Å². The molecular formula is C25H20N2O5S. The summed E-state index contributed by atoms with van der Waals surface area (Å²) in [6.07, 6.45) is 0. The van der Waals surface area contributed by atoms with E-state index in [4.69, 9.17) is 19.2 Å². The number of rotatable bonds is 4. The molecule has 1 aliphatic heterocycles. The number of carbonyl (C=O) groups is 2. The number of para-hydroxylation sites is 1. The summed E-state index contributed by atoms with van der Waals surface area (Å²) in [6.45, 7) is 3.93. The SMILES string of the molecule is COC(=O)c1c(NC(=O)c2cc(-c3ccc4c(c3)OCO4)nc3ccccc23)sc(C)c1C. The van der Waals surface area contributed by atoms with E-state index in [9.17, 15) is 9.59 Å². The van der Waals surface area contributed by atoms with Crippen molar-refractivity contribution in [1.82, 2.24) is 4.98 Å². The minimum absolute atomic E-state index is 0.180. The summed E-state index contributed by atoms with van der Waals surface area (Å²) in [5, 5.41) is 4.10. The van der Waals surface area contributed by atoms with Crippen LogP contribution in [0.4, 0.5) is 5.00 Å². The summed E-state index contributed by atoms with van der Waals surface area (Å²) in [6, 6.07) is 14.8. The second-order valence-electron chi connectivity index (χ2n) is 7.57. The number of ether oxygens (including phenoxy) is 3. The smallest absolute Gasteiger partial charge is 0.341 e. The molecule has 33 heavy (non-hydrogen) atoms. The monoisotopic (exact) mass is 460 g/mol. The summed E-state index contributed by atoms with van der Waals surface area (Å²) < 4.78 is 15.8.